The Labute approximate surface area is 179 Å². The first-order valence-electron chi connectivity index (χ1n) is 11.1. The Kier molecular flexibility index (Phi) is 3.23. The number of rotatable bonds is 1. The molecule has 4 aromatic rings. The summed E-state index contributed by atoms with van der Waals surface area (Å²) < 4.78 is 17.4. The van der Waals surface area contributed by atoms with Crippen LogP contribution in [0.1, 0.15) is 53.3 Å². The predicted molar refractivity (Wildman–Crippen MR) is 125 cm³/mol. The maximum Gasteiger partial charge on any atom is 0.256 e. The van der Waals surface area contributed by atoms with Gasteiger partial charge in [0, 0.05) is 13.0 Å². The minimum atomic E-state index is -0.832. The maximum atomic E-state index is 8.83. The van der Waals surface area contributed by atoms with E-state index in [2.05, 4.69) is 67.8 Å². The lowest BCUT2D eigenvalue weighted by Crippen LogP contribution is -2.58. The summed E-state index contributed by atoms with van der Waals surface area (Å²) in [6.45, 7) is 10.6. The first-order valence-corrected chi connectivity index (χ1v) is 10.6. The Morgan fingerprint density at radius 1 is 1.00 bits per heavy atom. The van der Waals surface area contributed by atoms with Gasteiger partial charge in [0.1, 0.15) is 17.3 Å². The lowest BCUT2D eigenvalue weighted by molar-refractivity contribution is 0.487. The fourth-order valence-electron chi connectivity index (χ4n) is 4.98. The number of para-hydroxylation sites is 1. The fraction of sp³-hybridized carbons (Fsp3) is 0.269. The van der Waals surface area contributed by atoms with Crippen LogP contribution in [0.2, 0.25) is 0 Å². The van der Waals surface area contributed by atoms with Crippen molar-refractivity contribution >= 4 is 34.1 Å². The largest absolute Gasteiger partial charge is 0.458 e. The van der Waals surface area contributed by atoms with E-state index in [0.29, 0.717) is 0 Å². The van der Waals surface area contributed by atoms with E-state index < -0.39 is 5.89 Å². The first kappa shape index (κ1) is 16.8. The van der Waals surface area contributed by atoms with Gasteiger partial charge in [-0.3, -0.25) is 4.57 Å². The smallest absolute Gasteiger partial charge is 0.256 e. The third kappa shape index (κ3) is 2.25. The van der Waals surface area contributed by atoms with Gasteiger partial charge >= 0.3 is 0 Å². The number of benzene rings is 3. The quantitative estimate of drug-likeness (QED) is 0.388. The molecule has 0 bridgehead atoms. The van der Waals surface area contributed by atoms with Crippen LogP contribution in [0.4, 0.5) is 0 Å². The van der Waals surface area contributed by atoms with Crippen LogP contribution in [0.15, 0.2) is 54.6 Å². The molecule has 0 saturated heterocycles. The van der Waals surface area contributed by atoms with Crippen molar-refractivity contribution in [3.8, 4) is 17.2 Å². The lowest BCUT2D eigenvalue weighted by atomic mass is 9.34. The van der Waals surface area contributed by atoms with Crippen LogP contribution in [-0.2, 0) is 5.41 Å². The summed E-state index contributed by atoms with van der Waals surface area (Å²) >= 11 is 0. The van der Waals surface area contributed by atoms with Crippen LogP contribution in [0.25, 0.3) is 16.7 Å². The van der Waals surface area contributed by atoms with Gasteiger partial charge in [0.25, 0.3) is 6.71 Å². The van der Waals surface area contributed by atoms with E-state index in [9.17, 15) is 0 Å². The fourth-order valence-corrected chi connectivity index (χ4v) is 4.98. The third-order valence-corrected chi connectivity index (χ3v) is 6.43. The second-order valence-corrected chi connectivity index (χ2v) is 9.72. The molecule has 30 heavy (non-hydrogen) atoms. The maximum absolute atomic E-state index is 8.83. The summed E-state index contributed by atoms with van der Waals surface area (Å²) in [5, 5.41) is 0. The summed E-state index contributed by atoms with van der Waals surface area (Å²) in [6.07, 6.45) is 0. The molecule has 6 rings (SSSR count). The molecule has 0 N–H and O–H groups in total. The lowest BCUT2D eigenvalue weighted by Gasteiger charge is -2.34. The molecule has 2 aliphatic heterocycles. The monoisotopic (exact) mass is 393 g/mol. The molecule has 3 aromatic carbocycles. The van der Waals surface area contributed by atoms with Gasteiger partial charge in [-0.2, -0.15) is 0 Å². The molecule has 0 unspecified atom stereocenters. The van der Waals surface area contributed by atoms with E-state index in [-0.39, 0.29) is 12.1 Å². The van der Waals surface area contributed by atoms with Crippen LogP contribution >= 0.6 is 0 Å². The van der Waals surface area contributed by atoms with E-state index in [1.165, 1.54) is 22.0 Å². The first-order chi connectivity index (χ1) is 14.6. The van der Waals surface area contributed by atoms with Crippen molar-refractivity contribution < 1.29 is 6.11 Å². The summed E-state index contributed by atoms with van der Waals surface area (Å²) in [6, 6.07) is 19.2. The Hall–Kier alpha value is -3.01. The summed E-state index contributed by atoms with van der Waals surface area (Å²) in [4.78, 5) is 5.04. The SMILES string of the molecule is [2H]C(C)(C)c1nc2cc(C(C)(C)C)cc3c2n1-c1cccc2c1B3c1ccccc1O2. The number of imidazole rings is 1. The average molecular weight is 393 g/mol. The number of nitrogens with zero attached hydrogens (tertiary/aromatic N) is 2. The highest BCUT2D eigenvalue weighted by atomic mass is 16.5. The summed E-state index contributed by atoms with van der Waals surface area (Å²) in [5.74, 6) is 1.74. The van der Waals surface area contributed by atoms with Gasteiger partial charge in [0.2, 0.25) is 0 Å². The van der Waals surface area contributed by atoms with E-state index in [1.54, 1.807) is 0 Å². The van der Waals surface area contributed by atoms with Crippen LogP contribution < -0.4 is 21.1 Å². The standard InChI is InChI=1S/C26H25BN2O/c1-15(2)25-28-19-14-16(26(3,4)5)13-18-24(19)29(25)20-10-8-12-22-23(20)27(18)17-9-6-7-11-21(17)30-22/h6-15H,1-5H3/i15D. The van der Waals surface area contributed by atoms with Gasteiger partial charge in [-0.15, -0.1) is 0 Å². The van der Waals surface area contributed by atoms with E-state index in [0.717, 1.165) is 34.0 Å². The van der Waals surface area contributed by atoms with Crippen molar-refractivity contribution in [1.82, 2.24) is 9.55 Å². The van der Waals surface area contributed by atoms with E-state index in [4.69, 9.17) is 11.1 Å². The van der Waals surface area contributed by atoms with Crippen molar-refractivity contribution in [2.45, 2.75) is 45.9 Å². The van der Waals surface area contributed by atoms with Crippen LogP contribution in [0, 0.1) is 0 Å². The second kappa shape index (κ2) is 5.78. The molecule has 0 atom stereocenters. The van der Waals surface area contributed by atoms with E-state index in [1.807, 2.05) is 26.0 Å². The number of ether oxygens (including phenoxy) is 1. The van der Waals surface area contributed by atoms with Crippen LogP contribution in [0.5, 0.6) is 11.5 Å². The zero-order valence-electron chi connectivity index (χ0n) is 19.1. The number of hydrogen-bond donors (Lipinski definition) is 0. The molecule has 3 nitrogen and oxygen atoms in total. The van der Waals surface area contributed by atoms with Crippen molar-refractivity contribution in [3.63, 3.8) is 0 Å². The number of fused-ring (bicyclic) bond motifs is 4. The van der Waals surface area contributed by atoms with Gasteiger partial charge < -0.3 is 4.74 Å². The highest BCUT2D eigenvalue weighted by Crippen LogP contribution is 2.35. The number of aromatic nitrogens is 2. The molecule has 4 heteroatoms. The molecule has 0 spiro atoms. The Morgan fingerprint density at radius 2 is 1.77 bits per heavy atom. The summed E-state index contributed by atoms with van der Waals surface area (Å²) in [5.41, 5.74) is 8.03. The van der Waals surface area contributed by atoms with Crippen molar-refractivity contribution in [3.05, 3.63) is 66.0 Å². The van der Waals surface area contributed by atoms with Gasteiger partial charge in [-0.1, -0.05) is 65.0 Å². The van der Waals surface area contributed by atoms with Crippen molar-refractivity contribution in [1.29, 1.82) is 0 Å². The average Bonchev–Trinajstić information content (AvgIpc) is 3.11. The molecule has 3 heterocycles. The molecule has 0 saturated carbocycles. The predicted octanol–water partition coefficient (Wildman–Crippen LogP) is 4.38. The Morgan fingerprint density at radius 3 is 2.53 bits per heavy atom. The molecule has 0 fully saturated rings. The zero-order chi connectivity index (χ0) is 21.7. The highest BCUT2D eigenvalue weighted by Gasteiger charge is 2.41. The minimum Gasteiger partial charge on any atom is -0.458 e. The summed E-state index contributed by atoms with van der Waals surface area (Å²) in [7, 11) is 0. The molecule has 0 radical (unpaired) electrons. The molecular weight excluding hydrogens is 367 g/mol. The molecule has 0 aliphatic carbocycles. The third-order valence-electron chi connectivity index (χ3n) is 6.43. The van der Waals surface area contributed by atoms with Gasteiger partial charge in [-0.25, -0.2) is 4.98 Å². The molecule has 148 valence electrons. The highest BCUT2D eigenvalue weighted by molar-refractivity contribution is 6.99. The number of hydrogen-bond acceptors (Lipinski definition) is 2. The van der Waals surface area contributed by atoms with E-state index >= 15 is 0 Å². The molecule has 0 amide bonds. The Bertz CT molecular complexity index is 1390. The zero-order valence-corrected chi connectivity index (χ0v) is 18.1. The normalized spacial score (nSPS) is 14.8. The van der Waals surface area contributed by atoms with Gasteiger partial charge in [0.05, 0.1) is 11.0 Å². The topological polar surface area (TPSA) is 27.1 Å². The minimum absolute atomic E-state index is 0.00437. The van der Waals surface area contributed by atoms with Crippen LogP contribution in [-0.4, -0.2) is 16.3 Å². The Balaban J connectivity index is 1.82. The second-order valence-electron chi connectivity index (χ2n) is 9.72. The van der Waals surface area contributed by atoms with Crippen molar-refractivity contribution in [2.24, 2.45) is 0 Å². The van der Waals surface area contributed by atoms with Crippen molar-refractivity contribution in [2.75, 3.05) is 0 Å². The van der Waals surface area contributed by atoms with Gasteiger partial charge in [-0.05, 0) is 51.6 Å². The van der Waals surface area contributed by atoms with Crippen LogP contribution in [0.3, 0.4) is 0 Å². The molecule has 2 aliphatic rings. The molecular formula is C26H25BN2O. The van der Waals surface area contributed by atoms with Gasteiger partial charge in [0.15, 0.2) is 0 Å². The molecule has 1 aromatic heterocycles.